The normalized spacial score (nSPS) is 11.9. The molecule has 0 aliphatic heterocycles. The molecule has 1 aromatic carbocycles. The van der Waals surface area contributed by atoms with Gasteiger partial charge in [0.2, 0.25) is 5.91 Å². The molecule has 7 nitrogen and oxygen atoms in total. The van der Waals surface area contributed by atoms with Gasteiger partial charge < -0.3 is 9.88 Å². The van der Waals surface area contributed by atoms with Gasteiger partial charge in [0.15, 0.2) is 5.16 Å². The Hall–Kier alpha value is -2.35. The molecule has 1 atom stereocenters. The number of hydrogen-bond acceptors (Lipinski definition) is 5. The van der Waals surface area contributed by atoms with Crippen LogP contribution in [-0.4, -0.2) is 25.6 Å². The molecule has 1 N–H and O–H groups in total. The molecular weight excluding hydrogens is 292 g/mol. The van der Waals surface area contributed by atoms with Gasteiger partial charge in [0.05, 0.1) is 10.2 Å². The van der Waals surface area contributed by atoms with Crippen LogP contribution in [0.15, 0.2) is 41.8 Å². The average Bonchev–Trinajstić information content (AvgIpc) is 2.84. The van der Waals surface area contributed by atoms with Crippen molar-refractivity contribution in [2.75, 3.05) is 5.32 Å². The number of nitro groups is 1. The van der Waals surface area contributed by atoms with Gasteiger partial charge in [-0.05, 0) is 13.0 Å². The van der Waals surface area contributed by atoms with Crippen molar-refractivity contribution in [1.29, 1.82) is 0 Å². The number of rotatable bonds is 5. The molecule has 1 heterocycles. The molecule has 0 spiro atoms. The summed E-state index contributed by atoms with van der Waals surface area (Å²) in [5, 5.41) is 13.8. The van der Waals surface area contributed by atoms with Crippen molar-refractivity contribution in [3.63, 3.8) is 0 Å². The van der Waals surface area contributed by atoms with Gasteiger partial charge in [0, 0.05) is 25.5 Å². The number of amides is 1. The number of carbonyl (C=O) groups is 1. The lowest BCUT2D eigenvalue weighted by Gasteiger charge is -2.11. The van der Waals surface area contributed by atoms with E-state index in [1.807, 2.05) is 7.05 Å². The van der Waals surface area contributed by atoms with Crippen LogP contribution in [-0.2, 0) is 11.8 Å². The third-order valence-corrected chi connectivity index (χ3v) is 3.96. The highest BCUT2D eigenvalue weighted by Crippen LogP contribution is 2.26. The Morgan fingerprint density at radius 3 is 2.81 bits per heavy atom. The van der Waals surface area contributed by atoms with Gasteiger partial charge >= 0.3 is 0 Å². The summed E-state index contributed by atoms with van der Waals surface area (Å²) in [7, 11) is 1.84. The quantitative estimate of drug-likeness (QED) is 0.520. The number of nitrogens with zero attached hydrogens (tertiary/aromatic N) is 3. The highest BCUT2D eigenvalue weighted by molar-refractivity contribution is 8.00. The standard InChI is InChI=1S/C13H14N4O3S/c1-9(21-13-14-7-8-16(13)2)12(18)15-10-5-3-4-6-11(10)17(19)20/h3-9H,1-2H3,(H,15,18). The number of nitrogens with one attached hydrogen (secondary N) is 1. The van der Waals surface area contributed by atoms with Gasteiger partial charge in [0.1, 0.15) is 5.69 Å². The number of aryl methyl sites for hydroxylation is 1. The van der Waals surface area contributed by atoms with Gasteiger partial charge in [-0.25, -0.2) is 4.98 Å². The summed E-state index contributed by atoms with van der Waals surface area (Å²) in [6.45, 7) is 1.73. The van der Waals surface area contributed by atoms with E-state index in [0.717, 1.165) is 0 Å². The second kappa shape index (κ2) is 6.40. The van der Waals surface area contributed by atoms with Crippen LogP contribution in [0.25, 0.3) is 0 Å². The fourth-order valence-corrected chi connectivity index (χ4v) is 2.48. The Bertz CT molecular complexity index is 671. The van der Waals surface area contributed by atoms with E-state index in [9.17, 15) is 14.9 Å². The number of benzene rings is 1. The van der Waals surface area contributed by atoms with Crippen molar-refractivity contribution >= 4 is 29.0 Å². The monoisotopic (exact) mass is 306 g/mol. The van der Waals surface area contributed by atoms with Crippen LogP contribution in [0.4, 0.5) is 11.4 Å². The Morgan fingerprint density at radius 2 is 2.19 bits per heavy atom. The molecule has 1 amide bonds. The molecular formula is C13H14N4O3S. The first kappa shape index (κ1) is 15.0. The van der Waals surface area contributed by atoms with Crippen LogP contribution in [0.1, 0.15) is 6.92 Å². The van der Waals surface area contributed by atoms with Crippen molar-refractivity contribution in [2.45, 2.75) is 17.3 Å². The van der Waals surface area contributed by atoms with E-state index < -0.39 is 10.2 Å². The number of aromatic nitrogens is 2. The number of nitro benzene ring substituents is 1. The summed E-state index contributed by atoms with van der Waals surface area (Å²) in [4.78, 5) is 26.7. The lowest BCUT2D eigenvalue weighted by atomic mass is 10.2. The van der Waals surface area contributed by atoms with Gasteiger partial charge in [-0.3, -0.25) is 14.9 Å². The van der Waals surface area contributed by atoms with E-state index in [4.69, 9.17) is 0 Å². The molecule has 0 aliphatic carbocycles. The molecule has 0 saturated heterocycles. The highest BCUT2D eigenvalue weighted by atomic mass is 32.2. The van der Waals surface area contributed by atoms with Crippen molar-refractivity contribution in [3.05, 3.63) is 46.8 Å². The molecule has 0 radical (unpaired) electrons. The number of imidazole rings is 1. The lowest BCUT2D eigenvalue weighted by Crippen LogP contribution is -2.23. The van der Waals surface area contributed by atoms with Gasteiger partial charge in [-0.2, -0.15) is 0 Å². The first-order valence-corrected chi connectivity index (χ1v) is 7.05. The minimum atomic E-state index is -0.522. The van der Waals surface area contributed by atoms with Crippen LogP contribution >= 0.6 is 11.8 Å². The fourth-order valence-electron chi connectivity index (χ4n) is 1.65. The fraction of sp³-hybridized carbons (Fsp3) is 0.231. The molecule has 2 aromatic rings. The van der Waals surface area contributed by atoms with E-state index in [1.54, 1.807) is 36.0 Å². The molecule has 0 aliphatic rings. The van der Waals surface area contributed by atoms with E-state index in [-0.39, 0.29) is 17.3 Å². The minimum absolute atomic E-state index is 0.125. The maximum absolute atomic E-state index is 12.1. The van der Waals surface area contributed by atoms with Crippen LogP contribution in [0.2, 0.25) is 0 Å². The molecule has 110 valence electrons. The summed E-state index contributed by atoms with van der Waals surface area (Å²) in [5.41, 5.74) is 0.0693. The predicted octanol–water partition coefficient (Wildman–Crippen LogP) is 2.45. The first-order valence-electron chi connectivity index (χ1n) is 6.17. The second-order valence-corrected chi connectivity index (χ2v) is 5.65. The topological polar surface area (TPSA) is 90.1 Å². The summed E-state index contributed by atoms with van der Waals surface area (Å²) in [6.07, 6.45) is 3.43. The first-order chi connectivity index (χ1) is 9.99. The van der Waals surface area contributed by atoms with Crippen molar-refractivity contribution < 1.29 is 9.72 Å². The van der Waals surface area contributed by atoms with Crippen molar-refractivity contribution in [1.82, 2.24) is 9.55 Å². The molecule has 8 heteroatoms. The third-order valence-electron chi connectivity index (χ3n) is 2.79. The molecule has 1 unspecified atom stereocenters. The van der Waals surface area contributed by atoms with Crippen LogP contribution in [0.5, 0.6) is 0 Å². The van der Waals surface area contributed by atoms with Crippen LogP contribution in [0, 0.1) is 10.1 Å². The zero-order chi connectivity index (χ0) is 15.4. The molecule has 1 aromatic heterocycles. The molecule has 0 saturated carbocycles. The smallest absolute Gasteiger partial charge is 0.292 e. The van der Waals surface area contributed by atoms with E-state index in [1.165, 1.54) is 23.9 Å². The van der Waals surface area contributed by atoms with Gasteiger partial charge in [-0.1, -0.05) is 23.9 Å². The van der Waals surface area contributed by atoms with Crippen LogP contribution in [0.3, 0.4) is 0 Å². The van der Waals surface area contributed by atoms with Crippen LogP contribution < -0.4 is 5.32 Å². The Kier molecular flexibility index (Phi) is 4.59. The van der Waals surface area contributed by atoms with Gasteiger partial charge in [-0.15, -0.1) is 0 Å². The lowest BCUT2D eigenvalue weighted by molar-refractivity contribution is -0.383. The van der Waals surface area contributed by atoms with E-state index >= 15 is 0 Å². The SMILES string of the molecule is CC(Sc1nccn1C)C(=O)Nc1ccccc1[N+](=O)[O-]. The average molecular weight is 306 g/mol. The zero-order valence-corrected chi connectivity index (χ0v) is 12.3. The second-order valence-electron chi connectivity index (χ2n) is 4.34. The zero-order valence-electron chi connectivity index (χ0n) is 11.5. The Morgan fingerprint density at radius 1 is 1.48 bits per heavy atom. The third kappa shape index (κ3) is 3.60. The predicted molar refractivity (Wildman–Crippen MR) is 80.3 cm³/mol. The Labute approximate surface area is 125 Å². The summed E-state index contributed by atoms with van der Waals surface area (Å²) < 4.78 is 1.80. The largest absolute Gasteiger partial charge is 0.329 e. The maximum Gasteiger partial charge on any atom is 0.292 e. The summed E-state index contributed by atoms with van der Waals surface area (Å²) >= 11 is 1.29. The Balaban J connectivity index is 2.08. The number of thioether (sulfide) groups is 1. The number of anilines is 1. The summed E-state index contributed by atoms with van der Waals surface area (Å²) in [5.74, 6) is -0.308. The maximum atomic E-state index is 12.1. The van der Waals surface area contributed by atoms with E-state index in [2.05, 4.69) is 10.3 Å². The molecule has 0 fully saturated rings. The van der Waals surface area contributed by atoms with Crippen molar-refractivity contribution in [3.8, 4) is 0 Å². The molecule has 21 heavy (non-hydrogen) atoms. The number of para-hydroxylation sites is 2. The minimum Gasteiger partial charge on any atom is -0.329 e. The highest BCUT2D eigenvalue weighted by Gasteiger charge is 2.20. The summed E-state index contributed by atoms with van der Waals surface area (Å²) in [6, 6.07) is 6.05. The number of hydrogen-bond donors (Lipinski definition) is 1. The number of carbonyl (C=O) groups excluding carboxylic acids is 1. The van der Waals surface area contributed by atoms with Crippen molar-refractivity contribution in [2.24, 2.45) is 7.05 Å². The molecule has 0 bridgehead atoms. The molecule has 2 rings (SSSR count). The van der Waals surface area contributed by atoms with E-state index in [0.29, 0.717) is 5.16 Å². The van der Waals surface area contributed by atoms with Gasteiger partial charge in [0.25, 0.3) is 5.69 Å².